The fraction of sp³-hybridized carbons (Fsp3) is 0.238. The van der Waals surface area contributed by atoms with E-state index in [0.29, 0.717) is 12.1 Å². The Morgan fingerprint density at radius 1 is 1.15 bits per heavy atom. The maximum atomic E-state index is 12.7. The lowest BCUT2D eigenvalue weighted by Gasteiger charge is -2.02. The van der Waals surface area contributed by atoms with Gasteiger partial charge in [0.15, 0.2) is 12.2 Å². The standard InChI is InChI=1S/C21H20BrN2O2/c1-26-18-10-6-16(7-11-18)20(25)14-23-13-19(24-12-2-3-21(23)24)15-4-8-17(22)9-5-15/h4-11,13H,2-3,12,14H2,1H3/q+1. The molecule has 0 saturated heterocycles. The summed E-state index contributed by atoms with van der Waals surface area (Å²) < 4.78 is 10.7. The molecule has 0 spiro atoms. The highest BCUT2D eigenvalue weighted by molar-refractivity contribution is 9.10. The van der Waals surface area contributed by atoms with Crippen LogP contribution >= 0.6 is 15.9 Å². The molecule has 0 fully saturated rings. The minimum absolute atomic E-state index is 0.111. The number of imidazole rings is 1. The summed E-state index contributed by atoms with van der Waals surface area (Å²) in [5.41, 5.74) is 3.06. The van der Waals surface area contributed by atoms with Crippen molar-refractivity contribution in [1.29, 1.82) is 0 Å². The maximum Gasteiger partial charge on any atom is 0.257 e. The Balaban J connectivity index is 1.63. The number of aromatic nitrogens is 2. The Kier molecular flexibility index (Phi) is 4.64. The van der Waals surface area contributed by atoms with Crippen LogP contribution in [-0.2, 0) is 19.5 Å². The molecule has 26 heavy (non-hydrogen) atoms. The summed E-state index contributed by atoms with van der Waals surface area (Å²) in [4.78, 5) is 12.7. The van der Waals surface area contributed by atoms with Gasteiger partial charge in [-0.3, -0.25) is 4.79 Å². The van der Waals surface area contributed by atoms with Gasteiger partial charge in [0.2, 0.25) is 5.78 Å². The number of halogens is 1. The first-order chi connectivity index (χ1) is 12.7. The van der Waals surface area contributed by atoms with Crippen LogP contribution in [0.1, 0.15) is 22.6 Å². The fourth-order valence-corrected chi connectivity index (χ4v) is 3.78. The van der Waals surface area contributed by atoms with Crippen molar-refractivity contribution in [2.24, 2.45) is 0 Å². The monoisotopic (exact) mass is 411 g/mol. The largest absolute Gasteiger partial charge is 0.497 e. The number of hydrogen-bond acceptors (Lipinski definition) is 2. The van der Waals surface area contributed by atoms with Crippen molar-refractivity contribution in [1.82, 2.24) is 4.57 Å². The highest BCUT2D eigenvalue weighted by Gasteiger charge is 2.29. The zero-order valence-corrected chi connectivity index (χ0v) is 16.2. The van der Waals surface area contributed by atoms with Gasteiger partial charge in [0, 0.05) is 15.6 Å². The number of ether oxygens (including phenoxy) is 1. The number of carbonyl (C=O) groups excluding carboxylic acids is 1. The third-order valence-corrected chi connectivity index (χ3v) is 5.39. The third kappa shape index (κ3) is 3.19. The molecular weight excluding hydrogens is 392 g/mol. The van der Waals surface area contributed by atoms with Crippen LogP contribution in [0.2, 0.25) is 0 Å². The summed E-state index contributed by atoms with van der Waals surface area (Å²) in [6.07, 6.45) is 4.24. The van der Waals surface area contributed by atoms with E-state index in [-0.39, 0.29) is 5.78 Å². The van der Waals surface area contributed by atoms with Gasteiger partial charge < -0.3 is 4.74 Å². The summed E-state index contributed by atoms with van der Waals surface area (Å²) in [5.74, 6) is 2.10. The van der Waals surface area contributed by atoms with Gasteiger partial charge in [0.05, 0.1) is 20.1 Å². The first kappa shape index (κ1) is 17.0. The van der Waals surface area contributed by atoms with E-state index < -0.39 is 0 Å². The lowest BCUT2D eigenvalue weighted by atomic mass is 10.1. The predicted octanol–water partition coefficient (Wildman–Crippen LogP) is 4.04. The number of ketones is 1. The predicted molar refractivity (Wildman–Crippen MR) is 103 cm³/mol. The molecule has 2 heterocycles. The number of hydrogen-bond donors (Lipinski definition) is 0. The van der Waals surface area contributed by atoms with Gasteiger partial charge in [0.1, 0.15) is 11.9 Å². The fourth-order valence-electron chi connectivity index (χ4n) is 3.52. The molecule has 0 bridgehead atoms. The molecule has 4 nitrogen and oxygen atoms in total. The molecule has 0 radical (unpaired) electrons. The minimum atomic E-state index is 0.111. The van der Waals surface area contributed by atoms with Crippen LogP contribution in [0.15, 0.2) is 59.2 Å². The number of rotatable bonds is 5. The molecule has 0 aliphatic carbocycles. The van der Waals surface area contributed by atoms with Gasteiger partial charge in [-0.2, -0.15) is 0 Å². The average Bonchev–Trinajstić information content (AvgIpc) is 3.26. The van der Waals surface area contributed by atoms with Crippen molar-refractivity contribution in [2.75, 3.05) is 7.11 Å². The SMILES string of the molecule is COc1ccc(C(=O)C[n+]2cc(-c3ccc(Br)cc3)n3c2CCC3)cc1. The highest BCUT2D eigenvalue weighted by Crippen LogP contribution is 2.26. The average molecular weight is 412 g/mol. The highest BCUT2D eigenvalue weighted by atomic mass is 79.9. The van der Waals surface area contributed by atoms with E-state index in [9.17, 15) is 4.79 Å². The molecule has 1 aliphatic heterocycles. The van der Waals surface area contributed by atoms with Gasteiger partial charge in [-0.05, 0) is 55.0 Å². The summed E-state index contributed by atoms with van der Waals surface area (Å²) >= 11 is 3.49. The zero-order valence-electron chi connectivity index (χ0n) is 14.6. The minimum Gasteiger partial charge on any atom is -0.497 e. The van der Waals surface area contributed by atoms with E-state index in [0.717, 1.165) is 29.6 Å². The number of Topliss-reactive ketones (excluding diaryl/α,β-unsaturated/α-hetero) is 1. The van der Waals surface area contributed by atoms with Crippen molar-refractivity contribution in [3.63, 3.8) is 0 Å². The van der Waals surface area contributed by atoms with Gasteiger partial charge in [-0.15, -0.1) is 0 Å². The molecule has 0 saturated carbocycles. The molecular formula is C21H20BrN2O2+. The molecule has 3 aromatic rings. The van der Waals surface area contributed by atoms with E-state index in [1.54, 1.807) is 7.11 Å². The van der Waals surface area contributed by atoms with Crippen LogP contribution in [0.25, 0.3) is 11.3 Å². The lowest BCUT2D eigenvalue weighted by molar-refractivity contribution is -0.689. The summed E-state index contributed by atoms with van der Waals surface area (Å²) in [6.45, 7) is 1.36. The van der Waals surface area contributed by atoms with Gasteiger partial charge in [-0.1, -0.05) is 15.9 Å². The molecule has 1 aromatic heterocycles. The Hall–Kier alpha value is -2.40. The summed E-state index contributed by atoms with van der Waals surface area (Å²) in [5, 5.41) is 0. The quantitative estimate of drug-likeness (QED) is 0.468. The van der Waals surface area contributed by atoms with E-state index in [2.05, 4.69) is 55.5 Å². The molecule has 5 heteroatoms. The maximum absolute atomic E-state index is 12.7. The van der Waals surface area contributed by atoms with Crippen molar-refractivity contribution in [3.8, 4) is 17.0 Å². The van der Waals surface area contributed by atoms with Crippen LogP contribution in [0, 0.1) is 0 Å². The second-order valence-electron chi connectivity index (χ2n) is 6.47. The second-order valence-corrected chi connectivity index (χ2v) is 7.39. The Bertz CT molecular complexity index is 943. The first-order valence-corrected chi connectivity index (χ1v) is 9.50. The second kappa shape index (κ2) is 7.08. The molecule has 0 atom stereocenters. The summed E-state index contributed by atoms with van der Waals surface area (Å²) in [7, 11) is 1.63. The zero-order chi connectivity index (χ0) is 18.1. The van der Waals surface area contributed by atoms with Gasteiger partial charge in [0.25, 0.3) is 5.82 Å². The first-order valence-electron chi connectivity index (χ1n) is 8.71. The molecule has 0 N–H and O–H groups in total. The molecule has 132 valence electrons. The lowest BCUT2D eigenvalue weighted by Crippen LogP contribution is -2.40. The van der Waals surface area contributed by atoms with Crippen molar-refractivity contribution >= 4 is 21.7 Å². The number of carbonyl (C=O) groups is 1. The Labute approximate surface area is 161 Å². The molecule has 1 aliphatic rings. The number of fused-ring (bicyclic) bond motifs is 1. The molecule has 2 aromatic carbocycles. The van der Waals surface area contributed by atoms with Crippen LogP contribution < -0.4 is 9.30 Å². The molecule has 4 rings (SSSR count). The van der Waals surface area contributed by atoms with E-state index >= 15 is 0 Å². The van der Waals surface area contributed by atoms with Crippen LogP contribution in [0.3, 0.4) is 0 Å². The normalized spacial score (nSPS) is 12.8. The Morgan fingerprint density at radius 2 is 1.88 bits per heavy atom. The smallest absolute Gasteiger partial charge is 0.257 e. The van der Waals surface area contributed by atoms with E-state index in [4.69, 9.17) is 4.74 Å². The van der Waals surface area contributed by atoms with Gasteiger partial charge in [-0.25, -0.2) is 9.13 Å². The number of methoxy groups -OCH3 is 1. The Morgan fingerprint density at radius 3 is 2.58 bits per heavy atom. The van der Waals surface area contributed by atoms with Gasteiger partial charge >= 0.3 is 0 Å². The van der Waals surface area contributed by atoms with E-state index in [1.807, 2.05) is 24.3 Å². The van der Waals surface area contributed by atoms with Crippen LogP contribution in [0.4, 0.5) is 0 Å². The number of nitrogens with zero attached hydrogens (tertiary/aromatic N) is 2. The topological polar surface area (TPSA) is 35.1 Å². The van der Waals surface area contributed by atoms with Crippen molar-refractivity contribution < 1.29 is 14.1 Å². The van der Waals surface area contributed by atoms with Crippen LogP contribution in [-0.4, -0.2) is 17.5 Å². The molecule has 0 amide bonds. The van der Waals surface area contributed by atoms with Crippen molar-refractivity contribution in [2.45, 2.75) is 25.9 Å². The van der Waals surface area contributed by atoms with Crippen molar-refractivity contribution in [3.05, 3.63) is 70.6 Å². The van der Waals surface area contributed by atoms with E-state index in [1.165, 1.54) is 17.1 Å². The molecule has 0 unspecified atom stereocenters. The van der Waals surface area contributed by atoms with Crippen LogP contribution in [0.5, 0.6) is 5.75 Å². The summed E-state index contributed by atoms with van der Waals surface area (Å²) in [6, 6.07) is 15.6. The third-order valence-electron chi connectivity index (χ3n) is 4.86. The number of benzene rings is 2.